The highest BCUT2D eigenvalue weighted by molar-refractivity contribution is 6.38. The summed E-state index contributed by atoms with van der Waals surface area (Å²) in [5, 5.41) is 2.17. The molecule has 14 nitrogen and oxygen atoms in total. The van der Waals surface area contributed by atoms with E-state index >= 15 is 0 Å². The van der Waals surface area contributed by atoms with Crippen molar-refractivity contribution >= 4 is 46.9 Å². The van der Waals surface area contributed by atoms with E-state index < -0.39 is 41.0 Å². The Hall–Kier alpha value is -6.02. The predicted molar refractivity (Wildman–Crippen MR) is 254 cm³/mol. The van der Waals surface area contributed by atoms with Gasteiger partial charge in [-0.3, -0.25) is 48.6 Å². The van der Waals surface area contributed by atoms with E-state index in [2.05, 4.69) is 37.4 Å². The van der Waals surface area contributed by atoms with Gasteiger partial charge in [-0.2, -0.15) is 0 Å². The van der Waals surface area contributed by atoms with Gasteiger partial charge >= 0.3 is 0 Å². The summed E-state index contributed by atoms with van der Waals surface area (Å²) in [5.41, 5.74) is 3.87. The molecule has 14 heteroatoms. The summed E-state index contributed by atoms with van der Waals surface area (Å²) in [7, 11) is 0. The lowest BCUT2D eigenvalue weighted by molar-refractivity contribution is -0.155. The molecular formula is C54H67N3O11. The van der Waals surface area contributed by atoms with Gasteiger partial charge in [0.2, 0.25) is 17.6 Å². The molecule has 3 aliphatic rings. The molecule has 4 atom stereocenters. The molecule has 364 valence electrons. The Morgan fingerprint density at radius 2 is 1.51 bits per heavy atom. The van der Waals surface area contributed by atoms with Crippen LogP contribution in [0.15, 0.2) is 60.7 Å². The minimum Gasteiger partial charge on any atom is -0.486 e. The number of aryl methyl sites for hydroxylation is 3. The van der Waals surface area contributed by atoms with Crippen LogP contribution in [0.1, 0.15) is 160 Å². The highest BCUT2D eigenvalue weighted by atomic mass is 16.5. The van der Waals surface area contributed by atoms with E-state index in [1.165, 1.54) is 28.8 Å². The summed E-state index contributed by atoms with van der Waals surface area (Å²) in [6.07, 6.45) is 7.11. The van der Waals surface area contributed by atoms with Gasteiger partial charge in [0.05, 0.1) is 29.4 Å². The van der Waals surface area contributed by atoms with Gasteiger partial charge in [0.1, 0.15) is 30.8 Å². The first kappa shape index (κ1) is 51.4. The van der Waals surface area contributed by atoms with E-state index in [0.29, 0.717) is 44.4 Å². The maximum absolute atomic E-state index is 13.6. The fourth-order valence-corrected chi connectivity index (χ4v) is 9.07. The Kier molecular flexibility index (Phi) is 17.6. The Balaban J connectivity index is 0.963. The third kappa shape index (κ3) is 12.7. The molecule has 0 saturated carbocycles. The quantitative estimate of drug-likeness (QED) is 0.0520. The first-order chi connectivity index (χ1) is 32.5. The zero-order valence-corrected chi connectivity index (χ0v) is 40.5. The Morgan fingerprint density at radius 1 is 0.809 bits per heavy atom. The lowest BCUT2D eigenvalue weighted by Crippen LogP contribution is -2.54. The molecule has 0 aliphatic carbocycles. The Bertz CT molecular complexity index is 2390. The maximum Gasteiger partial charge on any atom is 0.290 e. The van der Waals surface area contributed by atoms with Crippen molar-refractivity contribution in [3.8, 4) is 11.5 Å². The molecular weight excluding hydrogens is 867 g/mol. The summed E-state index contributed by atoms with van der Waals surface area (Å²) in [6.45, 7) is 11.9. The minimum atomic E-state index is -1.11. The third-order valence-electron chi connectivity index (χ3n) is 13.8. The number of nitrogens with one attached hydrogen (secondary N) is 1. The monoisotopic (exact) mass is 933 g/mol. The van der Waals surface area contributed by atoms with Crippen LogP contribution in [0.2, 0.25) is 0 Å². The van der Waals surface area contributed by atoms with Gasteiger partial charge in [0.15, 0.2) is 11.6 Å². The van der Waals surface area contributed by atoms with Crippen molar-refractivity contribution in [1.82, 2.24) is 15.1 Å². The van der Waals surface area contributed by atoms with E-state index in [0.717, 1.165) is 49.0 Å². The largest absolute Gasteiger partial charge is 0.486 e. The summed E-state index contributed by atoms with van der Waals surface area (Å²) < 4.78 is 18.6. The van der Waals surface area contributed by atoms with Gasteiger partial charge < -0.3 is 19.1 Å². The summed E-state index contributed by atoms with van der Waals surface area (Å²) in [4.78, 5) is 106. The molecule has 0 bridgehead atoms. The number of nitrogens with zero attached hydrogens (tertiary/aromatic N) is 2. The van der Waals surface area contributed by atoms with Crippen molar-refractivity contribution in [3.63, 3.8) is 0 Å². The fourth-order valence-electron chi connectivity index (χ4n) is 9.07. The van der Waals surface area contributed by atoms with Crippen LogP contribution in [0.25, 0.3) is 0 Å². The van der Waals surface area contributed by atoms with Gasteiger partial charge in [0, 0.05) is 31.2 Å². The molecule has 3 heterocycles. The number of benzene rings is 3. The average molecular weight is 934 g/mol. The smallest absolute Gasteiger partial charge is 0.290 e. The van der Waals surface area contributed by atoms with Crippen molar-refractivity contribution < 1.29 is 52.6 Å². The molecule has 6 rings (SSSR count). The van der Waals surface area contributed by atoms with Crippen LogP contribution >= 0.6 is 0 Å². The number of imide groups is 2. The molecule has 3 aliphatic heterocycles. The number of Topliss-reactive ketones (excluding diaryl/α,β-unsaturated/α-hetero) is 3. The van der Waals surface area contributed by atoms with Crippen molar-refractivity contribution in [2.24, 2.45) is 5.41 Å². The van der Waals surface area contributed by atoms with Crippen LogP contribution in [0, 0.1) is 19.3 Å². The van der Waals surface area contributed by atoms with Crippen LogP contribution in [0.3, 0.4) is 0 Å². The second kappa shape index (κ2) is 23.3. The highest BCUT2D eigenvalue weighted by Gasteiger charge is 2.46. The van der Waals surface area contributed by atoms with Gasteiger partial charge in [-0.1, -0.05) is 70.0 Å². The second-order valence-electron chi connectivity index (χ2n) is 19.2. The van der Waals surface area contributed by atoms with Crippen LogP contribution in [-0.2, 0) is 39.9 Å². The number of carbonyl (C=O) groups is 8. The van der Waals surface area contributed by atoms with E-state index in [1.54, 1.807) is 11.0 Å². The molecule has 0 aromatic heterocycles. The number of unbranched alkanes of at least 4 members (excludes halogenated alkanes) is 3. The van der Waals surface area contributed by atoms with E-state index in [-0.39, 0.29) is 85.0 Å². The number of hydrogen-bond donors (Lipinski definition) is 1. The zero-order chi connectivity index (χ0) is 49.1. The molecule has 1 N–H and O–H groups in total. The maximum atomic E-state index is 13.6. The average Bonchev–Trinajstić information content (AvgIpc) is 3.58. The molecule has 3 aromatic carbocycles. The third-order valence-corrected chi connectivity index (χ3v) is 13.8. The van der Waals surface area contributed by atoms with E-state index in [9.17, 15) is 38.4 Å². The van der Waals surface area contributed by atoms with E-state index in [1.807, 2.05) is 52.0 Å². The topological polar surface area (TPSA) is 183 Å². The molecule has 2 unspecified atom stereocenters. The second-order valence-corrected chi connectivity index (χ2v) is 19.2. The van der Waals surface area contributed by atoms with Gasteiger partial charge in [-0.15, -0.1) is 0 Å². The number of rotatable bonds is 24. The van der Waals surface area contributed by atoms with Crippen LogP contribution < -0.4 is 14.8 Å². The van der Waals surface area contributed by atoms with Crippen LogP contribution in [0.5, 0.6) is 11.5 Å². The van der Waals surface area contributed by atoms with Crippen molar-refractivity contribution in [2.75, 3.05) is 19.8 Å². The molecule has 2 saturated heterocycles. The SMILES string of the molecule is CCC(C)(C)C(=O)C(=O)N1CCCC[C@H]1C(C)O[C@H](CCc1ccc(C)c(C)c1)c1cccc(OCC(=O)CCCCCCC(=O)COc2cccc3c2C(=O)N(C2CCC(=O)NC2=O)C3=O)c1. The number of ether oxygens (including phenoxy) is 3. The molecule has 3 aromatic rings. The Labute approximate surface area is 399 Å². The van der Waals surface area contributed by atoms with Gasteiger partial charge in [-0.25, -0.2) is 0 Å². The van der Waals surface area contributed by atoms with Crippen molar-refractivity contribution in [1.29, 1.82) is 0 Å². The molecule has 68 heavy (non-hydrogen) atoms. The molecule has 5 amide bonds. The minimum absolute atomic E-state index is 0.00692. The number of ketones is 3. The number of fused-ring (bicyclic) bond motifs is 1. The van der Waals surface area contributed by atoms with Gasteiger partial charge in [-0.05, 0) is 125 Å². The van der Waals surface area contributed by atoms with Crippen molar-refractivity contribution in [2.45, 2.75) is 156 Å². The molecule has 0 spiro atoms. The normalized spacial score (nSPS) is 18.2. The van der Waals surface area contributed by atoms with Crippen LogP contribution in [-0.4, -0.2) is 94.6 Å². The molecule has 2 fully saturated rings. The predicted octanol–water partition coefficient (Wildman–Crippen LogP) is 8.11. The summed E-state index contributed by atoms with van der Waals surface area (Å²) in [5.74, 6) is -2.92. The number of piperidine rings is 2. The van der Waals surface area contributed by atoms with E-state index in [4.69, 9.17) is 14.2 Å². The first-order valence-electron chi connectivity index (χ1n) is 24.3. The summed E-state index contributed by atoms with van der Waals surface area (Å²) in [6, 6.07) is 17.3. The lowest BCUT2D eigenvalue weighted by atomic mass is 9.84. The lowest BCUT2D eigenvalue weighted by Gasteiger charge is -2.41. The first-order valence-corrected chi connectivity index (χ1v) is 24.3. The molecule has 0 radical (unpaired) electrons. The number of likely N-dealkylation sites (tertiary alicyclic amines) is 1. The number of amides is 5. The van der Waals surface area contributed by atoms with Gasteiger partial charge in [0.25, 0.3) is 17.7 Å². The Morgan fingerprint density at radius 3 is 2.21 bits per heavy atom. The highest BCUT2D eigenvalue weighted by Crippen LogP contribution is 2.35. The van der Waals surface area contributed by atoms with Crippen LogP contribution in [0.4, 0.5) is 0 Å². The number of carbonyl (C=O) groups excluding carboxylic acids is 8. The zero-order valence-electron chi connectivity index (χ0n) is 40.5. The summed E-state index contributed by atoms with van der Waals surface area (Å²) >= 11 is 0. The number of hydrogen-bond acceptors (Lipinski definition) is 11. The van der Waals surface area contributed by atoms with Crippen molar-refractivity contribution in [3.05, 3.63) is 94.0 Å². The fraction of sp³-hybridized carbons (Fsp3) is 0.519. The standard InChI is InChI=1S/C54H67N3O11/c1-7-54(5,6)49(61)53(65)56-29-13-12-21-43(56)36(4)68-45(27-25-37-24-23-34(2)35(3)30-37)38-16-14-19-41(31-38)66-32-39(58)17-10-8-9-11-18-40(59)33-67-46-22-15-20-42-48(46)52(64)57(51(42)63)44-26-28-47(60)55-50(44)62/h14-16,19-20,22-24,30-31,36,43-45H,7-13,17-18,21,25-29,32-33H2,1-6H3,(H,55,60,62)/t36?,43-,44?,45+/m0/s1.